The maximum atomic E-state index is 3.89. The number of hydrogen-bond donors (Lipinski definition) is 1. The monoisotopic (exact) mass is 178 g/mol. The van der Waals surface area contributed by atoms with Crippen LogP contribution in [0, 0.1) is 0 Å². The van der Waals surface area contributed by atoms with Gasteiger partial charge in [0.25, 0.3) is 0 Å². The molecule has 0 aromatic carbocycles. The van der Waals surface area contributed by atoms with Gasteiger partial charge in [0, 0.05) is 5.70 Å². The molecule has 0 rings (SSSR count). The van der Waals surface area contributed by atoms with E-state index in [-0.39, 0.29) is 0 Å². The highest BCUT2D eigenvalue weighted by Gasteiger charge is 1.92. The van der Waals surface area contributed by atoms with Gasteiger partial charge in [-0.1, -0.05) is 25.7 Å². The van der Waals surface area contributed by atoms with Crippen molar-refractivity contribution in [3.63, 3.8) is 0 Å². The summed E-state index contributed by atoms with van der Waals surface area (Å²) in [5.41, 5.74) is 1.95. The van der Waals surface area contributed by atoms with E-state index < -0.39 is 0 Å². The Morgan fingerprint density at radius 3 is 2.69 bits per heavy atom. The van der Waals surface area contributed by atoms with E-state index in [2.05, 4.69) is 30.5 Å². The first-order chi connectivity index (χ1) is 6.24. The molecule has 2 heteroatoms. The molecule has 0 amide bonds. The summed E-state index contributed by atoms with van der Waals surface area (Å²) < 4.78 is 0. The Labute approximate surface area is 80.8 Å². The van der Waals surface area contributed by atoms with E-state index in [1.54, 1.807) is 0 Å². The standard InChI is InChI=1S/C11H18N2/c1-5-7-8-11(12-4)9-13-10(3)6-2/h5,7-8,13H,3-4,6,9H2,1-2H3/b7-5-,11-8-. The van der Waals surface area contributed by atoms with Crippen molar-refractivity contribution in [2.75, 3.05) is 6.54 Å². The molecule has 0 aromatic heterocycles. The van der Waals surface area contributed by atoms with Crippen LogP contribution in [-0.4, -0.2) is 13.3 Å². The molecule has 0 aliphatic heterocycles. The van der Waals surface area contributed by atoms with Crippen LogP contribution in [0.25, 0.3) is 0 Å². The summed E-state index contributed by atoms with van der Waals surface area (Å²) in [6.45, 7) is 12.1. The smallest absolute Gasteiger partial charge is 0.0587 e. The molecular weight excluding hydrogens is 160 g/mol. The molecule has 0 aliphatic carbocycles. The number of hydrogen-bond acceptors (Lipinski definition) is 2. The van der Waals surface area contributed by atoms with Crippen molar-refractivity contribution >= 4 is 6.72 Å². The largest absolute Gasteiger partial charge is 0.383 e. The normalized spacial score (nSPS) is 11.7. The SMILES string of the molecule is C=N/C(=C\C=C/C)CNC(=C)CC. The third-order valence-corrected chi connectivity index (χ3v) is 1.63. The number of aliphatic imine (C=N–C) groups is 1. The quantitative estimate of drug-likeness (QED) is 0.491. The fourth-order valence-corrected chi connectivity index (χ4v) is 0.715. The zero-order valence-electron chi connectivity index (χ0n) is 8.51. The highest BCUT2D eigenvalue weighted by Crippen LogP contribution is 1.97. The van der Waals surface area contributed by atoms with Gasteiger partial charge in [-0.15, -0.1) is 0 Å². The van der Waals surface area contributed by atoms with Gasteiger partial charge in [0.2, 0.25) is 0 Å². The summed E-state index contributed by atoms with van der Waals surface area (Å²) in [4.78, 5) is 3.89. The molecule has 0 saturated carbocycles. The molecule has 0 unspecified atom stereocenters. The molecule has 0 spiro atoms. The van der Waals surface area contributed by atoms with Crippen LogP contribution in [0.2, 0.25) is 0 Å². The molecule has 0 bridgehead atoms. The van der Waals surface area contributed by atoms with Crippen LogP contribution in [0.1, 0.15) is 20.3 Å². The van der Waals surface area contributed by atoms with Crippen LogP contribution in [0.5, 0.6) is 0 Å². The van der Waals surface area contributed by atoms with Gasteiger partial charge in [-0.3, -0.25) is 4.99 Å². The zero-order valence-corrected chi connectivity index (χ0v) is 8.51. The maximum absolute atomic E-state index is 3.89. The van der Waals surface area contributed by atoms with E-state index in [0.717, 1.165) is 17.8 Å². The summed E-state index contributed by atoms with van der Waals surface area (Å²) in [7, 11) is 0. The van der Waals surface area contributed by atoms with Gasteiger partial charge < -0.3 is 5.32 Å². The fourth-order valence-electron chi connectivity index (χ4n) is 0.715. The summed E-state index contributed by atoms with van der Waals surface area (Å²) in [5, 5.41) is 3.16. The van der Waals surface area contributed by atoms with E-state index in [4.69, 9.17) is 0 Å². The Bertz CT molecular complexity index is 224. The lowest BCUT2D eigenvalue weighted by atomic mass is 10.3. The van der Waals surface area contributed by atoms with Crippen molar-refractivity contribution in [3.05, 3.63) is 36.2 Å². The first-order valence-corrected chi connectivity index (χ1v) is 4.44. The van der Waals surface area contributed by atoms with Crippen molar-refractivity contribution in [2.45, 2.75) is 20.3 Å². The molecule has 0 aliphatic rings. The Balaban J connectivity index is 3.99. The van der Waals surface area contributed by atoms with Crippen LogP contribution in [0.15, 0.2) is 41.2 Å². The van der Waals surface area contributed by atoms with Crippen LogP contribution in [-0.2, 0) is 0 Å². The van der Waals surface area contributed by atoms with Crippen LogP contribution in [0.3, 0.4) is 0 Å². The van der Waals surface area contributed by atoms with Crippen molar-refractivity contribution < 1.29 is 0 Å². The van der Waals surface area contributed by atoms with Crippen molar-refractivity contribution in [3.8, 4) is 0 Å². The van der Waals surface area contributed by atoms with E-state index in [1.165, 1.54) is 0 Å². The van der Waals surface area contributed by atoms with Gasteiger partial charge in [0.15, 0.2) is 0 Å². The summed E-state index contributed by atoms with van der Waals surface area (Å²) in [6.07, 6.45) is 6.78. The van der Waals surface area contributed by atoms with Gasteiger partial charge >= 0.3 is 0 Å². The average Bonchev–Trinajstić information content (AvgIpc) is 2.17. The van der Waals surface area contributed by atoms with Crippen molar-refractivity contribution in [2.24, 2.45) is 4.99 Å². The molecule has 13 heavy (non-hydrogen) atoms. The second kappa shape index (κ2) is 7.35. The van der Waals surface area contributed by atoms with Crippen molar-refractivity contribution in [1.82, 2.24) is 5.32 Å². The predicted octanol–water partition coefficient (Wildman–Crippen LogP) is 2.66. The molecule has 0 atom stereocenters. The van der Waals surface area contributed by atoms with E-state index >= 15 is 0 Å². The second-order valence-corrected chi connectivity index (χ2v) is 2.65. The predicted molar refractivity (Wildman–Crippen MR) is 59.9 cm³/mol. The highest BCUT2D eigenvalue weighted by molar-refractivity contribution is 5.30. The molecule has 1 N–H and O–H groups in total. The highest BCUT2D eigenvalue weighted by atomic mass is 14.9. The molecule has 0 aromatic rings. The Hall–Kier alpha value is -1.31. The maximum Gasteiger partial charge on any atom is 0.0587 e. The molecule has 0 heterocycles. The van der Waals surface area contributed by atoms with Gasteiger partial charge in [0.1, 0.15) is 0 Å². The third kappa shape index (κ3) is 5.91. The van der Waals surface area contributed by atoms with Gasteiger partial charge in [-0.2, -0.15) is 0 Å². The lowest BCUT2D eigenvalue weighted by Crippen LogP contribution is -2.14. The summed E-state index contributed by atoms with van der Waals surface area (Å²) >= 11 is 0. The first-order valence-electron chi connectivity index (χ1n) is 4.44. The Morgan fingerprint density at radius 2 is 2.23 bits per heavy atom. The Kier molecular flexibility index (Phi) is 6.60. The molecule has 0 saturated heterocycles. The van der Waals surface area contributed by atoms with Crippen LogP contribution < -0.4 is 5.32 Å². The summed E-state index contributed by atoms with van der Waals surface area (Å²) in [6, 6.07) is 0. The minimum Gasteiger partial charge on any atom is -0.383 e. The zero-order chi connectivity index (χ0) is 10.1. The molecular formula is C11H18N2. The number of allylic oxidation sites excluding steroid dienone is 4. The molecule has 0 radical (unpaired) electrons. The minimum absolute atomic E-state index is 0.695. The van der Waals surface area contributed by atoms with Gasteiger partial charge in [-0.25, -0.2) is 0 Å². The van der Waals surface area contributed by atoms with Gasteiger partial charge in [-0.05, 0) is 26.1 Å². The van der Waals surface area contributed by atoms with E-state index in [1.807, 2.05) is 25.2 Å². The molecule has 72 valence electrons. The second-order valence-electron chi connectivity index (χ2n) is 2.65. The lowest BCUT2D eigenvalue weighted by molar-refractivity contribution is 0.820. The van der Waals surface area contributed by atoms with Crippen LogP contribution >= 0.6 is 0 Å². The van der Waals surface area contributed by atoms with E-state index in [0.29, 0.717) is 6.54 Å². The fraction of sp³-hybridized carbons (Fsp3) is 0.364. The Morgan fingerprint density at radius 1 is 1.54 bits per heavy atom. The molecule has 2 nitrogen and oxygen atoms in total. The first kappa shape index (κ1) is 11.7. The van der Waals surface area contributed by atoms with E-state index in [9.17, 15) is 0 Å². The number of rotatable bonds is 6. The average molecular weight is 178 g/mol. The topological polar surface area (TPSA) is 24.4 Å². The third-order valence-electron chi connectivity index (χ3n) is 1.63. The molecule has 0 fully saturated rings. The minimum atomic E-state index is 0.695. The van der Waals surface area contributed by atoms with Crippen LogP contribution in [0.4, 0.5) is 0 Å². The van der Waals surface area contributed by atoms with Crippen molar-refractivity contribution in [1.29, 1.82) is 0 Å². The van der Waals surface area contributed by atoms with Gasteiger partial charge in [0.05, 0.1) is 12.2 Å². The number of nitrogens with zero attached hydrogens (tertiary/aromatic N) is 1. The lowest BCUT2D eigenvalue weighted by Gasteiger charge is -2.06. The summed E-state index contributed by atoms with van der Waals surface area (Å²) in [5.74, 6) is 0. The number of nitrogens with one attached hydrogen (secondary N) is 1.